The number of rotatable bonds is 7. The molecule has 0 heterocycles. The van der Waals surface area contributed by atoms with Gasteiger partial charge in [0.2, 0.25) is 0 Å². The number of carboxylic acid groups (broad SMARTS) is 1. The fourth-order valence-electron chi connectivity index (χ4n) is 1.69. The summed E-state index contributed by atoms with van der Waals surface area (Å²) in [5.41, 5.74) is 0. The van der Waals surface area contributed by atoms with Gasteiger partial charge in [0, 0.05) is 18.8 Å². The minimum absolute atomic E-state index is 0.00606. The molecule has 5 heteroatoms. The molecule has 0 saturated carbocycles. The molecular formula is C11H21NO4. The Balaban J connectivity index is 5.18. The second kappa shape index (κ2) is 5.96. The number of likely N-dealkylation sites (N-methyl/N-ethyl adjacent to an activating group) is 1. The Morgan fingerprint density at radius 3 is 2.25 bits per heavy atom. The Labute approximate surface area is 97.7 Å². The van der Waals surface area contributed by atoms with Gasteiger partial charge < -0.3 is 19.5 Å². The number of Topliss-reactive ketones (excluding diaryl/α,β-unsaturated/α-hetero) is 1. The minimum Gasteiger partial charge on any atom is -0.550 e. The first-order chi connectivity index (χ1) is 7.52. The fourth-order valence-corrected chi connectivity index (χ4v) is 1.69. The lowest BCUT2D eigenvalue weighted by Crippen LogP contribution is -2.57. The molecule has 2 atom stereocenters. The van der Waals surface area contributed by atoms with Crippen LogP contribution >= 0.6 is 0 Å². The highest BCUT2D eigenvalue weighted by molar-refractivity contribution is 5.84. The molecule has 94 valence electrons. The maximum absolute atomic E-state index is 11.9. The van der Waals surface area contributed by atoms with Crippen LogP contribution in [0, 0.1) is 0 Å². The second-order valence-corrected chi connectivity index (χ2v) is 4.78. The normalized spacial score (nSPS) is 18.4. The Morgan fingerprint density at radius 1 is 1.44 bits per heavy atom. The van der Waals surface area contributed by atoms with E-state index in [4.69, 9.17) is 1.37 Å². The van der Waals surface area contributed by atoms with Crippen molar-refractivity contribution in [1.29, 1.82) is 0 Å². The molecule has 0 bridgehead atoms. The second-order valence-electron chi connectivity index (χ2n) is 4.78. The molecule has 0 rings (SSSR count). The topological polar surface area (TPSA) is 77.4 Å². The molecule has 2 unspecified atom stereocenters. The van der Waals surface area contributed by atoms with E-state index in [1.165, 1.54) is 0 Å². The summed E-state index contributed by atoms with van der Waals surface area (Å²) in [5, 5.41) is 20.4. The highest BCUT2D eigenvalue weighted by Gasteiger charge is 2.37. The summed E-state index contributed by atoms with van der Waals surface area (Å²) in [6.45, 7) is 1.81. The molecule has 0 fully saturated rings. The van der Waals surface area contributed by atoms with E-state index in [2.05, 4.69) is 0 Å². The maximum atomic E-state index is 11.9. The molecule has 0 aliphatic heterocycles. The standard InChI is InChI=1S/C11H21NO4/c1-5-6-8(13)11(12(2,3)4)9(14)7-10(15)16/h9,11,14H,5-7H2,1-4H3/i9D. The van der Waals surface area contributed by atoms with Crippen molar-refractivity contribution in [2.75, 3.05) is 21.1 Å². The van der Waals surface area contributed by atoms with Crippen LogP contribution in [-0.4, -0.2) is 54.6 Å². The van der Waals surface area contributed by atoms with Crippen molar-refractivity contribution >= 4 is 11.8 Å². The third-order valence-corrected chi connectivity index (χ3v) is 2.22. The molecule has 0 saturated heterocycles. The van der Waals surface area contributed by atoms with Crippen molar-refractivity contribution in [3.63, 3.8) is 0 Å². The zero-order valence-corrected chi connectivity index (χ0v) is 10.3. The summed E-state index contributed by atoms with van der Waals surface area (Å²) in [7, 11) is 4.94. The number of carboxylic acids is 1. The summed E-state index contributed by atoms with van der Waals surface area (Å²) in [5.74, 6) is -1.84. The van der Waals surface area contributed by atoms with Crippen LogP contribution in [-0.2, 0) is 9.59 Å². The van der Waals surface area contributed by atoms with Crippen molar-refractivity contribution in [3.05, 3.63) is 0 Å². The molecule has 0 aromatic rings. The van der Waals surface area contributed by atoms with E-state index in [0.29, 0.717) is 6.42 Å². The predicted molar refractivity (Wildman–Crippen MR) is 57.4 cm³/mol. The number of aliphatic hydroxyl groups is 1. The Kier molecular flexibility index (Phi) is 4.89. The molecule has 5 nitrogen and oxygen atoms in total. The van der Waals surface area contributed by atoms with E-state index < -0.39 is 24.5 Å². The molecule has 16 heavy (non-hydrogen) atoms. The molecule has 0 aromatic heterocycles. The summed E-state index contributed by atoms with van der Waals surface area (Å²) >= 11 is 0. The summed E-state index contributed by atoms with van der Waals surface area (Å²) in [4.78, 5) is 22.4. The van der Waals surface area contributed by atoms with Crippen LogP contribution in [0.15, 0.2) is 0 Å². The molecule has 0 radical (unpaired) electrons. The lowest BCUT2D eigenvalue weighted by Gasteiger charge is -2.36. The zero-order valence-electron chi connectivity index (χ0n) is 11.3. The molecule has 0 aromatic carbocycles. The van der Waals surface area contributed by atoms with Crippen LogP contribution in [0.5, 0.6) is 0 Å². The fraction of sp³-hybridized carbons (Fsp3) is 0.818. The van der Waals surface area contributed by atoms with Gasteiger partial charge in [0.05, 0.1) is 22.5 Å². The van der Waals surface area contributed by atoms with E-state index in [1.54, 1.807) is 21.1 Å². The third-order valence-electron chi connectivity index (χ3n) is 2.22. The van der Waals surface area contributed by atoms with Crippen molar-refractivity contribution in [1.82, 2.24) is 0 Å². The van der Waals surface area contributed by atoms with Gasteiger partial charge in [-0.1, -0.05) is 6.92 Å². The zero-order chi connectivity index (χ0) is 13.9. The van der Waals surface area contributed by atoms with Gasteiger partial charge in [0.1, 0.15) is 6.08 Å². The first-order valence-corrected chi connectivity index (χ1v) is 5.28. The van der Waals surface area contributed by atoms with Crippen molar-refractivity contribution < 1.29 is 25.7 Å². The smallest absolute Gasteiger partial charge is 0.192 e. The van der Waals surface area contributed by atoms with Crippen molar-refractivity contribution in [3.8, 4) is 0 Å². The molecule has 0 aliphatic carbocycles. The summed E-state index contributed by atoms with van der Waals surface area (Å²) in [6, 6.07) is -1.10. The number of nitrogens with zero attached hydrogens (tertiary/aromatic N) is 1. The number of quaternary nitrogens is 1. The van der Waals surface area contributed by atoms with Gasteiger partial charge in [0.25, 0.3) is 0 Å². The van der Waals surface area contributed by atoms with Gasteiger partial charge in [-0.25, -0.2) is 0 Å². The Hall–Kier alpha value is -0.940. The monoisotopic (exact) mass is 232 g/mol. The van der Waals surface area contributed by atoms with Crippen molar-refractivity contribution in [2.24, 2.45) is 0 Å². The van der Waals surface area contributed by atoms with E-state index in [1.807, 2.05) is 6.92 Å². The summed E-state index contributed by atoms with van der Waals surface area (Å²) in [6.07, 6.45) is -2.41. The van der Waals surface area contributed by atoms with Crippen LogP contribution in [0.2, 0.25) is 0 Å². The molecular weight excluding hydrogens is 210 g/mol. The van der Waals surface area contributed by atoms with Gasteiger partial charge >= 0.3 is 0 Å². The van der Waals surface area contributed by atoms with Crippen LogP contribution in [0.4, 0.5) is 0 Å². The van der Waals surface area contributed by atoms with Crippen LogP contribution in [0.1, 0.15) is 27.6 Å². The number of carbonyl (C=O) groups is 2. The highest BCUT2D eigenvalue weighted by atomic mass is 16.4. The number of aliphatic carboxylic acids is 1. The van der Waals surface area contributed by atoms with Crippen LogP contribution in [0.25, 0.3) is 0 Å². The Morgan fingerprint density at radius 2 is 1.94 bits per heavy atom. The van der Waals surface area contributed by atoms with E-state index in [-0.39, 0.29) is 16.7 Å². The molecule has 0 spiro atoms. The average molecular weight is 232 g/mol. The van der Waals surface area contributed by atoms with Crippen LogP contribution in [0.3, 0.4) is 0 Å². The van der Waals surface area contributed by atoms with Gasteiger partial charge in [-0.15, -0.1) is 0 Å². The SMILES string of the molecule is [2H]C(O)(CC(=O)[O-])C(C(=O)CCC)[N+](C)(C)C. The first kappa shape index (κ1) is 13.1. The largest absolute Gasteiger partial charge is 0.550 e. The number of ketones is 1. The minimum atomic E-state index is -2.34. The highest BCUT2D eigenvalue weighted by Crippen LogP contribution is 2.14. The maximum Gasteiger partial charge on any atom is 0.192 e. The van der Waals surface area contributed by atoms with Gasteiger partial charge in [-0.3, -0.25) is 4.79 Å². The van der Waals surface area contributed by atoms with E-state index in [9.17, 15) is 19.8 Å². The van der Waals surface area contributed by atoms with E-state index >= 15 is 0 Å². The van der Waals surface area contributed by atoms with Gasteiger partial charge in [0.15, 0.2) is 11.8 Å². The lowest BCUT2D eigenvalue weighted by atomic mass is 9.98. The van der Waals surface area contributed by atoms with Crippen LogP contribution < -0.4 is 5.11 Å². The molecule has 0 aliphatic rings. The predicted octanol–water partition coefficient (Wildman–Crippen LogP) is -1.07. The average Bonchev–Trinajstić information content (AvgIpc) is 1.96. The molecule has 0 amide bonds. The Bertz CT molecular complexity index is 296. The quantitative estimate of drug-likeness (QED) is 0.567. The van der Waals surface area contributed by atoms with Gasteiger partial charge in [-0.05, 0) is 6.42 Å². The third kappa shape index (κ3) is 4.72. The van der Waals surface area contributed by atoms with Gasteiger partial charge in [-0.2, -0.15) is 0 Å². The summed E-state index contributed by atoms with van der Waals surface area (Å²) < 4.78 is 7.68. The number of carbonyl (C=O) groups excluding carboxylic acids is 2. The van der Waals surface area contributed by atoms with E-state index in [0.717, 1.165) is 0 Å². The number of hydrogen-bond acceptors (Lipinski definition) is 4. The molecule has 1 N–H and O–H groups in total. The lowest BCUT2D eigenvalue weighted by molar-refractivity contribution is -0.890. The first-order valence-electron chi connectivity index (χ1n) is 5.78. The number of hydrogen-bond donors (Lipinski definition) is 1. The van der Waals surface area contributed by atoms with Crippen molar-refractivity contribution in [2.45, 2.75) is 38.3 Å².